The highest BCUT2D eigenvalue weighted by atomic mass is 16.5. The van der Waals surface area contributed by atoms with Crippen LogP contribution in [0.3, 0.4) is 0 Å². The molecule has 1 N–H and O–H groups in total. The van der Waals surface area contributed by atoms with Crippen LogP contribution in [0.1, 0.15) is 11.1 Å². The van der Waals surface area contributed by atoms with Crippen molar-refractivity contribution in [3.8, 4) is 0 Å². The summed E-state index contributed by atoms with van der Waals surface area (Å²) in [6, 6.07) is 20.4. The van der Waals surface area contributed by atoms with Crippen LogP contribution >= 0.6 is 0 Å². The molecule has 0 aliphatic carbocycles. The topological polar surface area (TPSA) is 32.7 Å². The van der Waals surface area contributed by atoms with E-state index >= 15 is 0 Å². The number of aliphatic hydroxyl groups excluding tert-OH is 1. The zero-order valence-electron chi connectivity index (χ0n) is 13.2. The maximum atomic E-state index is 10.5. The highest BCUT2D eigenvalue weighted by molar-refractivity contribution is 5.15. The molecule has 3 nitrogen and oxygen atoms in total. The van der Waals surface area contributed by atoms with Crippen molar-refractivity contribution in [2.24, 2.45) is 0 Å². The molecule has 2 atom stereocenters. The molecular weight excluding hydrogens is 286 g/mol. The van der Waals surface area contributed by atoms with E-state index in [0.717, 1.165) is 18.7 Å². The van der Waals surface area contributed by atoms with Gasteiger partial charge in [-0.1, -0.05) is 72.8 Å². The van der Waals surface area contributed by atoms with Gasteiger partial charge < -0.3 is 9.84 Å². The molecule has 0 aromatic heterocycles. The molecule has 3 rings (SSSR count). The van der Waals surface area contributed by atoms with E-state index in [0.29, 0.717) is 13.2 Å². The molecular formula is C20H23NO2. The summed E-state index contributed by atoms with van der Waals surface area (Å²) < 4.78 is 5.90. The first-order valence-corrected chi connectivity index (χ1v) is 8.08. The number of benzene rings is 2. The van der Waals surface area contributed by atoms with Gasteiger partial charge in [-0.15, -0.1) is 0 Å². The van der Waals surface area contributed by atoms with Crippen molar-refractivity contribution in [1.29, 1.82) is 0 Å². The zero-order chi connectivity index (χ0) is 15.9. The third kappa shape index (κ3) is 4.76. The third-order valence-corrected chi connectivity index (χ3v) is 4.05. The first-order valence-electron chi connectivity index (χ1n) is 8.08. The van der Waals surface area contributed by atoms with E-state index in [9.17, 15) is 5.11 Å². The molecule has 0 fully saturated rings. The van der Waals surface area contributed by atoms with Crippen molar-refractivity contribution in [3.63, 3.8) is 0 Å². The van der Waals surface area contributed by atoms with Crippen molar-refractivity contribution in [2.75, 3.05) is 13.1 Å². The van der Waals surface area contributed by atoms with E-state index in [1.165, 1.54) is 5.56 Å². The Hall–Kier alpha value is -1.94. The summed E-state index contributed by atoms with van der Waals surface area (Å²) in [5.41, 5.74) is 2.38. The molecule has 2 aromatic carbocycles. The molecule has 0 saturated heterocycles. The standard InChI is InChI=1S/C20H23NO2/c22-19-15-21(14-17-8-3-1-4-9-17)13-7-12-20(19)23-16-18-10-5-2-6-11-18/h1-12,19-20,22H,13-16H2/t19-,20-/m1/s1. The van der Waals surface area contributed by atoms with E-state index in [2.05, 4.69) is 23.1 Å². The van der Waals surface area contributed by atoms with E-state index in [-0.39, 0.29) is 6.10 Å². The SMILES string of the molecule is O[C@@H]1CN(Cc2ccccc2)CC=C[C@H]1OCc1ccccc1. The smallest absolute Gasteiger partial charge is 0.103 e. The van der Waals surface area contributed by atoms with E-state index in [4.69, 9.17) is 4.74 Å². The summed E-state index contributed by atoms with van der Waals surface area (Å²) in [6.07, 6.45) is 3.31. The molecule has 120 valence electrons. The molecule has 2 aromatic rings. The lowest BCUT2D eigenvalue weighted by molar-refractivity contribution is -0.0283. The minimum absolute atomic E-state index is 0.254. The Morgan fingerprint density at radius 2 is 1.61 bits per heavy atom. The molecule has 0 saturated carbocycles. The van der Waals surface area contributed by atoms with Crippen LogP contribution in [-0.2, 0) is 17.9 Å². The summed E-state index contributed by atoms with van der Waals surface area (Å²) in [4.78, 5) is 2.24. The largest absolute Gasteiger partial charge is 0.389 e. The molecule has 1 aliphatic heterocycles. The van der Waals surface area contributed by atoms with Crippen LogP contribution < -0.4 is 0 Å². The van der Waals surface area contributed by atoms with Crippen molar-refractivity contribution in [1.82, 2.24) is 4.90 Å². The summed E-state index contributed by atoms with van der Waals surface area (Å²) >= 11 is 0. The minimum atomic E-state index is -0.513. The third-order valence-electron chi connectivity index (χ3n) is 4.05. The zero-order valence-corrected chi connectivity index (χ0v) is 13.2. The van der Waals surface area contributed by atoms with Crippen LogP contribution in [0, 0.1) is 0 Å². The Morgan fingerprint density at radius 1 is 0.957 bits per heavy atom. The Balaban J connectivity index is 1.55. The average molecular weight is 309 g/mol. The van der Waals surface area contributed by atoms with Gasteiger partial charge >= 0.3 is 0 Å². The van der Waals surface area contributed by atoms with Crippen LogP contribution in [0.15, 0.2) is 72.8 Å². The monoisotopic (exact) mass is 309 g/mol. The van der Waals surface area contributed by atoms with Gasteiger partial charge in [-0.2, -0.15) is 0 Å². The van der Waals surface area contributed by atoms with Gasteiger partial charge in [0.15, 0.2) is 0 Å². The van der Waals surface area contributed by atoms with Gasteiger partial charge in [-0.3, -0.25) is 4.90 Å². The van der Waals surface area contributed by atoms with E-state index in [1.807, 2.05) is 54.6 Å². The molecule has 0 amide bonds. The van der Waals surface area contributed by atoms with Gasteiger partial charge in [0.1, 0.15) is 6.10 Å². The fourth-order valence-corrected chi connectivity index (χ4v) is 2.82. The second kappa shape index (κ2) is 8.06. The lowest BCUT2D eigenvalue weighted by atomic mass is 10.1. The molecule has 0 spiro atoms. The minimum Gasteiger partial charge on any atom is -0.389 e. The quantitative estimate of drug-likeness (QED) is 0.862. The van der Waals surface area contributed by atoms with Crippen LogP contribution in [0.25, 0.3) is 0 Å². The predicted molar refractivity (Wildman–Crippen MR) is 91.9 cm³/mol. The van der Waals surface area contributed by atoms with E-state index in [1.54, 1.807) is 0 Å². The number of ether oxygens (including phenoxy) is 1. The van der Waals surface area contributed by atoms with Gasteiger partial charge in [0.2, 0.25) is 0 Å². The molecule has 0 radical (unpaired) electrons. The highest BCUT2D eigenvalue weighted by Crippen LogP contribution is 2.14. The average Bonchev–Trinajstić information content (AvgIpc) is 2.76. The molecule has 3 heteroatoms. The van der Waals surface area contributed by atoms with Crippen LogP contribution in [-0.4, -0.2) is 35.3 Å². The second-order valence-corrected chi connectivity index (χ2v) is 5.94. The Kier molecular flexibility index (Phi) is 5.59. The Bertz CT molecular complexity index is 612. The molecule has 1 heterocycles. The molecule has 0 bridgehead atoms. The van der Waals surface area contributed by atoms with Gasteiger partial charge in [-0.05, 0) is 11.1 Å². The highest BCUT2D eigenvalue weighted by Gasteiger charge is 2.22. The number of rotatable bonds is 5. The first-order chi connectivity index (χ1) is 11.3. The maximum Gasteiger partial charge on any atom is 0.103 e. The number of hydrogen-bond acceptors (Lipinski definition) is 3. The predicted octanol–water partition coefficient (Wildman–Crippen LogP) is 3.00. The summed E-state index contributed by atoms with van der Waals surface area (Å²) in [5.74, 6) is 0. The second-order valence-electron chi connectivity index (χ2n) is 5.94. The Labute approximate surface area is 137 Å². The number of hydrogen-bond donors (Lipinski definition) is 1. The van der Waals surface area contributed by atoms with Gasteiger partial charge in [0.25, 0.3) is 0 Å². The lowest BCUT2D eigenvalue weighted by Crippen LogP contribution is -2.37. The van der Waals surface area contributed by atoms with Crippen molar-refractivity contribution in [2.45, 2.75) is 25.4 Å². The fraction of sp³-hybridized carbons (Fsp3) is 0.300. The fourth-order valence-electron chi connectivity index (χ4n) is 2.82. The van der Waals surface area contributed by atoms with Crippen LogP contribution in [0.4, 0.5) is 0 Å². The van der Waals surface area contributed by atoms with Crippen LogP contribution in [0.2, 0.25) is 0 Å². The molecule has 23 heavy (non-hydrogen) atoms. The van der Waals surface area contributed by atoms with Crippen molar-refractivity contribution < 1.29 is 9.84 Å². The number of aliphatic hydroxyl groups is 1. The summed E-state index contributed by atoms with van der Waals surface area (Å²) in [6.45, 7) is 2.80. The lowest BCUT2D eigenvalue weighted by Gasteiger charge is -2.25. The molecule has 0 unspecified atom stereocenters. The van der Waals surface area contributed by atoms with Gasteiger partial charge in [0.05, 0.1) is 12.7 Å². The van der Waals surface area contributed by atoms with Crippen molar-refractivity contribution in [3.05, 3.63) is 83.9 Å². The first kappa shape index (κ1) is 15.9. The Morgan fingerprint density at radius 3 is 2.30 bits per heavy atom. The van der Waals surface area contributed by atoms with Crippen molar-refractivity contribution >= 4 is 0 Å². The summed E-state index contributed by atoms with van der Waals surface area (Å²) in [7, 11) is 0. The summed E-state index contributed by atoms with van der Waals surface area (Å²) in [5, 5.41) is 10.5. The van der Waals surface area contributed by atoms with Gasteiger partial charge in [0, 0.05) is 19.6 Å². The van der Waals surface area contributed by atoms with Gasteiger partial charge in [-0.25, -0.2) is 0 Å². The van der Waals surface area contributed by atoms with Crippen LogP contribution in [0.5, 0.6) is 0 Å². The normalized spacial score (nSPS) is 22.0. The van der Waals surface area contributed by atoms with E-state index < -0.39 is 6.10 Å². The molecule has 1 aliphatic rings. The maximum absolute atomic E-state index is 10.5. The number of β-amino-alcohol motifs (C(OH)–C–C–N with tert-alkyl or cyclic N) is 1. The number of nitrogens with zero attached hydrogens (tertiary/aromatic N) is 1.